The Kier molecular flexibility index (Phi) is 5.26. The minimum atomic E-state index is -0.844. The zero-order valence-corrected chi connectivity index (χ0v) is 20.5. The standard InChI is InChI=1S/C36H22F2/c37-33-20-19-28(22-34(33)38)36-31-11-5-3-9-29(31)35(30-10-4-6-12-32(30)36)25-16-13-24(14-17-25)27-18-15-23-7-1-2-8-26(23)21-27/h1-22H. The van der Waals surface area contributed by atoms with Crippen LogP contribution in [0.1, 0.15) is 0 Å². The molecule has 0 fully saturated rings. The molecule has 7 aromatic carbocycles. The van der Waals surface area contributed by atoms with Gasteiger partial charge in [0, 0.05) is 0 Å². The topological polar surface area (TPSA) is 0 Å². The van der Waals surface area contributed by atoms with Gasteiger partial charge in [0.05, 0.1) is 0 Å². The normalized spacial score (nSPS) is 11.4. The molecular formula is C36H22F2. The van der Waals surface area contributed by atoms with Crippen molar-refractivity contribution in [1.82, 2.24) is 0 Å². The average Bonchev–Trinajstić information content (AvgIpc) is 2.97. The lowest BCUT2D eigenvalue weighted by Crippen LogP contribution is -1.92. The second-order valence-corrected chi connectivity index (χ2v) is 9.61. The summed E-state index contributed by atoms with van der Waals surface area (Å²) in [5.41, 5.74) is 6.15. The van der Waals surface area contributed by atoms with Crippen molar-refractivity contribution >= 4 is 32.3 Å². The molecular weight excluding hydrogens is 470 g/mol. The molecule has 180 valence electrons. The summed E-state index contributed by atoms with van der Waals surface area (Å²) in [6.45, 7) is 0. The summed E-state index contributed by atoms with van der Waals surface area (Å²) in [7, 11) is 0. The Morgan fingerprint density at radius 3 is 1.39 bits per heavy atom. The molecule has 0 atom stereocenters. The second kappa shape index (κ2) is 8.93. The number of rotatable bonds is 3. The van der Waals surface area contributed by atoms with Crippen molar-refractivity contribution in [2.24, 2.45) is 0 Å². The SMILES string of the molecule is Fc1ccc(-c2c3ccccc3c(-c3ccc(-c4ccc5ccccc5c4)cc3)c3ccccc23)cc1F. The van der Waals surface area contributed by atoms with Crippen LogP contribution in [0.15, 0.2) is 133 Å². The molecule has 0 nitrogen and oxygen atoms in total. The summed E-state index contributed by atoms with van der Waals surface area (Å²) in [6.07, 6.45) is 0. The molecule has 0 spiro atoms. The zero-order chi connectivity index (χ0) is 25.6. The smallest absolute Gasteiger partial charge is 0.159 e. The molecule has 0 aromatic heterocycles. The first-order valence-corrected chi connectivity index (χ1v) is 12.7. The molecule has 0 amide bonds. The van der Waals surface area contributed by atoms with Crippen LogP contribution < -0.4 is 0 Å². The van der Waals surface area contributed by atoms with Crippen LogP contribution >= 0.6 is 0 Å². The van der Waals surface area contributed by atoms with Crippen molar-refractivity contribution in [3.05, 3.63) is 145 Å². The molecule has 7 aromatic rings. The monoisotopic (exact) mass is 492 g/mol. The highest BCUT2D eigenvalue weighted by atomic mass is 19.2. The number of hydrogen-bond donors (Lipinski definition) is 0. The highest BCUT2D eigenvalue weighted by molar-refractivity contribution is 6.21. The van der Waals surface area contributed by atoms with Crippen LogP contribution in [0, 0.1) is 11.6 Å². The summed E-state index contributed by atoms with van der Waals surface area (Å²) in [4.78, 5) is 0. The Labute approximate surface area is 219 Å². The van der Waals surface area contributed by atoms with E-state index in [1.165, 1.54) is 28.5 Å². The van der Waals surface area contributed by atoms with E-state index in [1.807, 2.05) is 24.3 Å². The summed E-state index contributed by atoms with van der Waals surface area (Å²) in [5.74, 6) is -1.69. The van der Waals surface area contributed by atoms with Crippen molar-refractivity contribution in [2.45, 2.75) is 0 Å². The third-order valence-corrected chi connectivity index (χ3v) is 7.40. The third-order valence-electron chi connectivity index (χ3n) is 7.40. The molecule has 0 aliphatic carbocycles. The van der Waals surface area contributed by atoms with E-state index >= 15 is 0 Å². The van der Waals surface area contributed by atoms with E-state index in [2.05, 4.69) is 91.0 Å². The van der Waals surface area contributed by atoms with E-state index in [-0.39, 0.29) is 0 Å². The summed E-state index contributed by atoms with van der Waals surface area (Å²) >= 11 is 0. The Hall–Kier alpha value is -4.82. The van der Waals surface area contributed by atoms with Crippen molar-refractivity contribution in [3.63, 3.8) is 0 Å². The Bertz CT molecular complexity index is 1930. The van der Waals surface area contributed by atoms with Gasteiger partial charge in [0.25, 0.3) is 0 Å². The Morgan fingerprint density at radius 1 is 0.316 bits per heavy atom. The summed E-state index contributed by atoms with van der Waals surface area (Å²) < 4.78 is 28.1. The molecule has 0 radical (unpaired) electrons. The molecule has 0 bridgehead atoms. The maximum absolute atomic E-state index is 14.3. The lowest BCUT2D eigenvalue weighted by atomic mass is 9.85. The number of benzene rings is 7. The molecule has 0 N–H and O–H groups in total. The summed E-state index contributed by atoms with van der Waals surface area (Å²) in [6, 6.07) is 44.2. The van der Waals surface area contributed by atoms with Crippen LogP contribution in [0.25, 0.3) is 65.7 Å². The quantitative estimate of drug-likeness (QED) is 0.215. The van der Waals surface area contributed by atoms with Crippen LogP contribution in [-0.4, -0.2) is 0 Å². The molecule has 0 heterocycles. The maximum Gasteiger partial charge on any atom is 0.159 e. The fraction of sp³-hybridized carbons (Fsp3) is 0. The van der Waals surface area contributed by atoms with Crippen LogP contribution in [0.5, 0.6) is 0 Å². The van der Waals surface area contributed by atoms with E-state index in [0.29, 0.717) is 5.56 Å². The van der Waals surface area contributed by atoms with Gasteiger partial charge < -0.3 is 0 Å². The predicted molar refractivity (Wildman–Crippen MR) is 155 cm³/mol. The van der Waals surface area contributed by atoms with Gasteiger partial charge in [0.2, 0.25) is 0 Å². The minimum absolute atomic E-state index is 0.662. The van der Waals surface area contributed by atoms with Gasteiger partial charge in [-0.25, -0.2) is 8.78 Å². The van der Waals surface area contributed by atoms with Gasteiger partial charge in [0.1, 0.15) is 0 Å². The van der Waals surface area contributed by atoms with Crippen molar-refractivity contribution in [2.75, 3.05) is 0 Å². The van der Waals surface area contributed by atoms with E-state index in [0.717, 1.165) is 43.8 Å². The minimum Gasteiger partial charge on any atom is -0.204 e. The van der Waals surface area contributed by atoms with Crippen LogP contribution in [0.3, 0.4) is 0 Å². The first-order chi connectivity index (χ1) is 18.7. The van der Waals surface area contributed by atoms with E-state index in [9.17, 15) is 8.78 Å². The fourth-order valence-electron chi connectivity index (χ4n) is 5.60. The van der Waals surface area contributed by atoms with Crippen molar-refractivity contribution < 1.29 is 8.78 Å². The van der Waals surface area contributed by atoms with Crippen LogP contribution in [0.2, 0.25) is 0 Å². The largest absolute Gasteiger partial charge is 0.204 e. The molecule has 2 heteroatoms. The first kappa shape index (κ1) is 22.4. The molecule has 0 saturated carbocycles. The number of halogens is 2. The van der Waals surface area contributed by atoms with Gasteiger partial charge in [-0.15, -0.1) is 0 Å². The van der Waals surface area contributed by atoms with Gasteiger partial charge in [-0.2, -0.15) is 0 Å². The van der Waals surface area contributed by atoms with Crippen LogP contribution in [0.4, 0.5) is 8.78 Å². The molecule has 0 aliphatic heterocycles. The van der Waals surface area contributed by atoms with Gasteiger partial charge in [-0.05, 0) is 83.9 Å². The highest BCUT2D eigenvalue weighted by Gasteiger charge is 2.17. The average molecular weight is 493 g/mol. The molecule has 0 unspecified atom stereocenters. The fourth-order valence-corrected chi connectivity index (χ4v) is 5.60. The molecule has 7 rings (SSSR count). The lowest BCUT2D eigenvalue weighted by Gasteiger charge is -2.18. The summed E-state index contributed by atoms with van der Waals surface area (Å²) in [5, 5.41) is 6.61. The van der Waals surface area contributed by atoms with E-state index < -0.39 is 11.6 Å². The van der Waals surface area contributed by atoms with E-state index in [1.54, 1.807) is 6.07 Å². The lowest BCUT2D eigenvalue weighted by molar-refractivity contribution is 0.509. The van der Waals surface area contributed by atoms with Gasteiger partial charge in [-0.1, -0.05) is 115 Å². The van der Waals surface area contributed by atoms with Gasteiger partial charge in [-0.3, -0.25) is 0 Å². The van der Waals surface area contributed by atoms with Gasteiger partial charge >= 0.3 is 0 Å². The van der Waals surface area contributed by atoms with Crippen molar-refractivity contribution in [3.8, 4) is 33.4 Å². The van der Waals surface area contributed by atoms with Crippen LogP contribution in [-0.2, 0) is 0 Å². The van der Waals surface area contributed by atoms with E-state index in [4.69, 9.17) is 0 Å². The number of hydrogen-bond acceptors (Lipinski definition) is 0. The Morgan fingerprint density at radius 2 is 0.789 bits per heavy atom. The number of fused-ring (bicyclic) bond motifs is 3. The highest BCUT2D eigenvalue weighted by Crippen LogP contribution is 2.44. The third kappa shape index (κ3) is 3.65. The molecule has 0 saturated heterocycles. The zero-order valence-electron chi connectivity index (χ0n) is 20.5. The maximum atomic E-state index is 14.3. The molecule has 38 heavy (non-hydrogen) atoms. The molecule has 0 aliphatic rings. The van der Waals surface area contributed by atoms with Gasteiger partial charge in [0.15, 0.2) is 11.6 Å². The second-order valence-electron chi connectivity index (χ2n) is 9.61. The first-order valence-electron chi connectivity index (χ1n) is 12.7. The predicted octanol–water partition coefficient (Wildman–Crippen LogP) is 10.4. The van der Waals surface area contributed by atoms with Crippen molar-refractivity contribution in [1.29, 1.82) is 0 Å². The Balaban J connectivity index is 1.44.